The zero-order valence-corrected chi connectivity index (χ0v) is 18.0. The van der Waals surface area contributed by atoms with Gasteiger partial charge in [-0.1, -0.05) is 23.9 Å². The van der Waals surface area contributed by atoms with E-state index in [1.54, 1.807) is 37.0 Å². The minimum Gasteiger partial charge on any atom is -0.467 e. The van der Waals surface area contributed by atoms with E-state index in [1.165, 1.54) is 0 Å². The molecule has 0 N–H and O–H groups in total. The molecule has 1 aliphatic heterocycles. The topological polar surface area (TPSA) is 76.6 Å². The number of amides is 1. The van der Waals surface area contributed by atoms with Gasteiger partial charge in [-0.25, -0.2) is 0 Å². The highest BCUT2D eigenvalue weighted by Gasteiger charge is 2.21. The largest absolute Gasteiger partial charge is 0.467 e. The maximum absolute atomic E-state index is 12.1. The number of aromatic nitrogens is 3. The minimum absolute atomic E-state index is 0.00236. The second kappa shape index (κ2) is 9.36. The van der Waals surface area contributed by atoms with Crippen molar-refractivity contribution in [2.75, 3.05) is 45.3 Å². The van der Waals surface area contributed by atoms with Crippen LogP contribution in [-0.4, -0.2) is 66.0 Å². The smallest absolute Gasteiger partial charge is 0.253 e. The maximum atomic E-state index is 12.1. The van der Waals surface area contributed by atoms with Crippen molar-refractivity contribution in [2.45, 2.75) is 17.5 Å². The van der Waals surface area contributed by atoms with Crippen LogP contribution in [0, 0.1) is 0 Å². The summed E-state index contributed by atoms with van der Waals surface area (Å²) >= 11 is 1.62. The van der Waals surface area contributed by atoms with Crippen molar-refractivity contribution in [1.29, 1.82) is 0 Å². The van der Waals surface area contributed by atoms with Crippen molar-refractivity contribution in [3.8, 4) is 0 Å². The molecular weight excluding hydrogens is 402 g/mol. The average molecular weight is 428 g/mol. The van der Waals surface area contributed by atoms with Gasteiger partial charge in [0.25, 0.3) is 5.91 Å². The Hall–Kier alpha value is -2.78. The van der Waals surface area contributed by atoms with Gasteiger partial charge >= 0.3 is 0 Å². The average Bonchev–Trinajstić information content (AvgIpc) is 3.43. The summed E-state index contributed by atoms with van der Waals surface area (Å²) in [5.41, 5.74) is 1.81. The first-order valence-electron chi connectivity index (χ1n) is 9.83. The fourth-order valence-corrected chi connectivity index (χ4v) is 4.12. The summed E-state index contributed by atoms with van der Waals surface area (Å²) in [4.78, 5) is 15.8. The first-order chi connectivity index (χ1) is 14.6. The van der Waals surface area contributed by atoms with Gasteiger partial charge in [0.1, 0.15) is 5.76 Å². The number of hydrogen-bond acceptors (Lipinski definition) is 7. The molecule has 0 atom stereocenters. The summed E-state index contributed by atoms with van der Waals surface area (Å²) in [6.45, 7) is 3.54. The Labute approximate surface area is 179 Å². The van der Waals surface area contributed by atoms with Gasteiger partial charge in [0, 0.05) is 38.5 Å². The number of ether oxygens (including phenoxy) is 1. The SMILES string of the molecule is CN(C)C(=O)c1ccc(CSc2nnc(N3CCOCC3)n2Cc2ccco2)cc1. The first-order valence-corrected chi connectivity index (χ1v) is 10.8. The quantitative estimate of drug-likeness (QED) is 0.537. The molecule has 9 heteroatoms. The Morgan fingerprint density at radius 3 is 2.57 bits per heavy atom. The Kier molecular flexibility index (Phi) is 6.39. The lowest BCUT2D eigenvalue weighted by atomic mass is 10.1. The highest BCUT2D eigenvalue weighted by Crippen LogP contribution is 2.27. The number of anilines is 1. The predicted octanol–water partition coefficient (Wildman–Crippen LogP) is 2.75. The molecule has 1 aromatic carbocycles. The number of thioether (sulfide) groups is 1. The molecule has 8 nitrogen and oxygen atoms in total. The molecule has 1 fully saturated rings. The standard InChI is InChI=1S/C21H25N5O3S/c1-24(2)19(27)17-7-5-16(6-8-17)15-30-21-23-22-20(25-9-12-28-13-10-25)26(21)14-18-4-3-11-29-18/h3-8,11H,9-10,12-15H2,1-2H3. The zero-order chi connectivity index (χ0) is 20.9. The van der Waals surface area contributed by atoms with Crippen LogP contribution >= 0.6 is 11.8 Å². The van der Waals surface area contributed by atoms with Gasteiger partial charge in [-0.2, -0.15) is 0 Å². The fourth-order valence-electron chi connectivity index (χ4n) is 3.23. The molecule has 1 saturated heterocycles. The Morgan fingerprint density at radius 1 is 1.13 bits per heavy atom. The molecule has 30 heavy (non-hydrogen) atoms. The fraction of sp³-hybridized carbons (Fsp3) is 0.381. The molecule has 0 bridgehead atoms. The van der Waals surface area contributed by atoms with Crippen LogP contribution in [0.3, 0.4) is 0 Å². The minimum atomic E-state index is 0.00236. The molecule has 4 rings (SSSR count). The Bertz CT molecular complexity index is 963. The van der Waals surface area contributed by atoms with E-state index in [9.17, 15) is 4.79 Å². The third-order valence-corrected chi connectivity index (χ3v) is 5.90. The molecule has 1 aliphatic rings. The lowest BCUT2D eigenvalue weighted by molar-refractivity contribution is 0.0827. The second-order valence-electron chi connectivity index (χ2n) is 7.23. The van der Waals surface area contributed by atoms with Crippen LogP contribution in [-0.2, 0) is 17.0 Å². The van der Waals surface area contributed by atoms with Gasteiger partial charge < -0.3 is 19.0 Å². The molecule has 158 valence electrons. The molecule has 2 aromatic heterocycles. The van der Waals surface area contributed by atoms with E-state index in [0.717, 1.165) is 41.3 Å². The molecule has 3 heterocycles. The van der Waals surface area contributed by atoms with Gasteiger partial charge in [0.05, 0.1) is 26.0 Å². The van der Waals surface area contributed by atoms with Gasteiger partial charge in [0.15, 0.2) is 5.16 Å². The number of carbonyl (C=O) groups is 1. The Balaban J connectivity index is 1.50. The number of carbonyl (C=O) groups excluding carboxylic acids is 1. The zero-order valence-electron chi connectivity index (χ0n) is 17.2. The monoisotopic (exact) mass is 427 g/mol. The number of morpholine rings is 1. The number of furan rings is 1. The van der Waals surface area contributed by atoms with Crippen LogP contribution in [0.4, 0.5) is 5.95 Å². The number of rotatable bonds is 7. The van der Waals surface area contributed by atoms with Crippen molar-refractivity contribution in [3.63, 3.8) is 0 Å². The highest BCUT2D eigenvalue weighted by atomic mass is 32.2. The second-order valence-corrected chi connectivity index (χ2v) is 8.18. The van der Waals surface area contributed by atoms with E-state index in [2.05, 4.69) is 19.7 Å². The van der Waals surface area contributed by atoms with Crippen molar-refractivity contribution in [2.24, 2.45) is 0 Å². The summed E-state index contributed by atoms with van der Waals surface area (Å²) in [6, 6.07) is 11.5. The lowest BCUT2D eigenvalue weighted by Crippen LogP contribution is -2.38. The molecule has 0 spiro atoms. The molecule has 0 aliphatic carbocycles. The van der Waals surface area contributed by atoms with Gasteiger partial charge in [0.2, 0.25) is 5.95 Å². The number of hydrogen-bond donors (Lipinski definition) is 0. The maximum Gasteiger partial charge on any atom is 0.253 e. The van der Waals surface area contributed by atoms with Crippen molar-refractivity contribution >= 4 is 23.6 Å². The van der Waals surface area contributed by atoms with Gasteiger partial charge in [-0.15, -0.1) is 10.2 Å². The normalized spacial score (nSPS) is 14.1. The molecule has 1 amide bonds. The van der Waals surface area contributed by atoms with E-state index in [-0.39, 0.29) is 5.91 Å². The summed E-state index contributed by atoms with van der Waals surface area (Å²) in [5.74, 6) is 2.43. The van der Waals surface area contributed by atoms with Crippen molar-refractivity contribution < 1.29 is 13.9 Å². The molecule has 0 unspecified atom stereocenters. The van der Waals surface area contributed by atoms with Gasteiger partial charge in [-0.05, 0) is 29.8 Å². The third-order valence-electron chi connectivity index (χ3n) is 4.86. The third kappa shape index (κ3) is 4.68. The molecule has 0 radical (unpaired) electrons. The first kappa shape index (κ1) is 20.5. The van der Waals surface area contributed by atoms with E-state index in [1.807, 2.05) is 36.4 Å². The van der Waals surface area contributed by atoms with Crippen LogP contribution in [0.1, 0.15) is 21.7 Å². The van der Waals surface area contributed by atoms with E-state index in [0.29, 0.717) is 25.3 Å². The molecular formula is C21H25N5O3S. The van der Waals surface area contributed by atoms with Crippen molar-refractivity contribution in [3.05, 3.63) is 59.5 Å². The van der Waals surface area contributed by atoms with Crippen LogP contribution < -0.4 is 4.90 Å². The number of nitrogens with zero attached hydrogens (tertiary/aromatic N) is 5. The molecule has 3 aromatic rings. The Morgan fingerprint density at radius 2 is 1.90 bits per heavy atom. The van der Waals surface area contributed by atoms with Crippen molar-refractivity contribution in [1.82, 2.24) is 19.7 Å². The highest BCUT2D eigenvalue weighted by molar-refractivity contribution is 7.98. The molecule has 0 saturated carbocycles. The lowest BCUT2D eigenvalue weighted by Gasteiger charge is -2.27. The predicted molar refractivity (Wildman–Crippen MR) is 115 cm³/mol. The number of benzene rings is 1. The van der Waals surface area contributed by atoms with Gasteiger partial charge in [-0.3, -0.25) is 9.36 Å². The van der Waals surface area contributed by atoms with E-state index < -0.39 is 0 Å². The van der Waals surface area contributed by atoms with E-state index >= 15 is 0 Å². The van der Waals surface area contributed by atoms with Crippen LogP contribution in [0.25, 0.3) is 0 Å². The van der Waals surface area contributed by atoms with Crippen LogP contribution in [0.2, 0.25) is 0 Å². The summed E-state index contributed by atoms with van der Waals surface area (Å²) in [6.07, 6.45) is 1.68. The summed E-state index contributed by atoms with van der Waals surface area (Å²) < 4.78 is 13.1. The van der Waals surface area contributed by atoms with E-state index in [4.69, 9.17) is 9.15 Å². The van der Waals surface area contributed by atoms with Crippen LogP contribution in [0.15, 0.2) is 52.2 Å². The summed E-state index contributed by atoms with van der Waals surface area (Å²) in [7, 11) is 3.51. The van der Waals surface area contributed by atoms with Crippen LogP contribution in [0.5, 0.6) is 0 Å². The summed E-state index contributed by atoms with van der Waals surface area (Å²) in [5, 5.41) is 9.74.